The first-order valence-corrected chi connectivity index (χ1v) is 8.87. The highest BCUT2D eigenvalue weighted by Crippen LogP contribution is 2.44. The Balaban J connectivity index is 1.75. The summed E-state index contributed by atoms with van der Waals surface area (Å²) in [6.07, 6.45) is 10.1. The number of unbranched alkanes of at least 4 members (excludes halogenated alkanes) is 1. The molecule has 0 spiro atoms. The van der Waals surface area contributed by atoms with Crippen molar-refractivity contribution in [2.45, 2.75) is 77.9 Å². The second kappa shape index (κ2) is 8.15. The molecular formula is C18H31NO2. The summed E-state index contributed by atoms with van der Waals surface area (Å²) >= 11 is 0. The van der Waals surface area contributed by atoms with Gasteiger partial charge in [-0.25, -0.2) is 0 Å². The zero-order valence-corrected chi connectivity index (χ0v) is 13.8. The molecule has 0 bridgehead atoms. The van der Waals surface area contributed by atoms with Crippen LogP contribution in [0.25, 0.3) is 0 Å². The number of nitrogens with zero attached hydrogens (tertiary/aromatic N) is 1. The van der Waals surface area contributed by atoms with E-state index in [1.807, 2.05) is 0 Å². The SMILES string of the molecule is CCCCC1COC([C@H]2CC[C@](C#N)(CCC)CC2)OC1. The predicted molar refractivity (Wildman–Crippen MR) is 83.6 cm³/mol. The van der Waals surface area contributed by atoms with E-state index in [2.05, 4.69) is 19.9 Å². The van der Waals surface area contributed by atoms with E-state index in [4.69, 9.17) is 9.47 Å². The third-order valence-corrected chi connectivity index (χ3v) is 5.30. The Hall–Kier alpha value is -0.590. The van der Waals surface area contributed by atoms with Gasteiger partial charge in [0.05, 0.1) is 24.7 Å². The molecular weight excluding hydrogens is 262 g/mol. The van der Waals surface area contributed by atoms with Crippen molar-refractivity contribution in [1.29, 1.82) is 5.26 Å². The zero-order chi connectivity index (χ0) is 15.1. The number of nitriles is 1. The van der Waals surface area contributed by atoms with Crippen LogP contribution in [0.2, 0.25) is 0 Å². The molecule has 0 N–H and O–H groups in total. The average Bonchev–Trinajstić information content (AvgIpc) is 2.54. The van der Waals surface area contributed by atoms with Crippen molar-refractivity contribution in [2.75, 3.05) is 13.2 Å². The Morgan fingerprint density at radius 3 is 2.29 bits per heavy atom. The van der Waals surface area contributed by atoms with Crippen LogP contribution in [-0.4, -0.2) is 19.5 Å². The molecule has 0 aromatic carbocycles. The lowest BCUT2D eigenvalue weighted by Gasteiger charge is -2.40. The fourth-order valence-corrected chi connectivity index (χ4v) is 3.85. The van der Waals surface area contributed by atoms with Gasteiger partial charge in [-0.1, -0.05) is 33.1 Å². The minimum Gasteiger partial charge on any atom is -0.352 e. The Labute approximate surface area is 130 Å². The standard InChI is InChI=1S/C18H31NO2/c1-3-5-6-15-12-20-17(21-13-15)16-7-10-18(14-19,9-4-2)11-8-16/h15-17H,3-13H2,1-2H3/t15?,16-,17?,18+. The van der Waals surface area contributed by atoms with Crippen molar-refractivity contribution in [2.24, 2.45) is 17.3 Å². The molecule has 2 fully saturated rings. The van der Waals surface area contributed by atoms with Crippen LogP contribution >= 0.6 is 0 Å². The molecule has 3 nitrogen and oxygen atoms in total. The highest BCUT2D eigenvalue weighted by atomic mass is 16.7. The van der Waals surface area contributed by atoms with Crippen LogP contribution in [0, 0.1) is 28.6 Å². The summed E-state index contributed by atoms with van der Waals surface area (Å²) in [6, 6.07) is 2.59. The van der Waals surface area contributed by atoms with Gasteiger partial charge >= 0.3 is 0 Å². The molecule has 0 aromatic heterocycles. The van der Waals surface area contributed by atoms with E-state index in [1.54, 1.807) is 0 Å². The van der Waals surface area contributed by atoms with Crippen molar-refractivity contribution in [1.82, 2.24) is 0 Å². The average molecular weight is 293 g/mol. The van der Waals surface area contributed by atoms with Crippen LogP contribution in [0.5, 0.6) is 0 Å². The van der Waals surface area contributed by atoms with Gasteiger partial charge in [0.15, 0.2) is 6.29 Å². The fraction of sp³-hybridized carbons (Fsp3) is 0.944. The van der Waals surface area contributed by atoms with Gasteiger partial charge in [-0.15, -0.1) is 0 Å². The van der Waals surface area contributed by atoms with Gasteiger partial charge in [-0.3, -0.25) is 0 Å². The molecule has 0 atom stereocenters. The third kappa shape index (κ3) is 4.44. The lowest BCUT2D eigenvalue weighted by atomic mass is 9.69. The Morgan fingerprint density at radius 2 is 1.76 bits per heavy atom. The molecule has 1 aliphatic heterocycles. The van der Waals surface area contributed by atoms with Crippen LogP contribution < -0.4 is 0 Å². The van der Waals surface area contributed by atoms with Crippen LogP contribution in [0.1, 0.15) is 71.6 Å². The van der Waals surface area contributed by atoms with Crippen molar-refractivity contribution >= 4 is 0 Å². The molecule has 0 unspecified atom stereocenters. The molecule has 2 rings (SSSR count). The maximum absolute atomic E-state index is 9.47. The molecule has 2 aliphatic rings. The largest absolute Gasteiger partial charge is 0.352 e. The van der Waals surface area contributed by atoms with E-state index in [0.29, 0.717) is 11.8 Å². The molecule has 1 heterocycles. The summed E-state index contributed by atoms with van der Waals surface area (Å²) in [7, 11) is 0. The Morgan fingerprint density at radius 1 is 1.10 bits per heavy atom. The molecule has 0 amide bonds. The van der Waals surface area contributed by atoms with Gasteiger partial charge < -0.3 is 9.47 Å². The topological polar surface area (TPSA) is 42.2 Å². The van der Waals surface area contributed by atoms with E-state index < -0.39 is 0 Å². The van der Waals surface area contributed by atoms with E-state index in [-0.39, 0.29) is 11.7 Å². The maximum atomic E-state index is 9.47. The predicted octanol–water partition coefficient (Wildman–Crippen LogP) is 4.67. The molecule has 0 radical (unpaired) electrons. The number of hydrogen-bond donors (Lipinski definition) is 0. The highest BCUT2D eigenvalue weighted by molar-refractivity contribution is 5.01. The first-order chi connectivity index (χ1) is 10.2. The fourth-order valence-electron chi connectivity index (χ4n) is 3.85. The highest BCUT2D eigenvalue weighted by Gasteiger charge is 2.39. The van der Waals surface area contributed by atoms with E-state index >= 15 is 0 Å². The molecule has 120 valence electrons. The first-order valence-electron chi connectivity index (χ1n) is 8.87. The van der Waals surface area contributed by atoms with Crippen LogP contribution in [0.3, 0.4) is 0 Å². The van der Waals surface area contributed by atoms with E-state index in [0.717, 1.165) is 51.7 Å². The normalized spacial score (nSPS) is 37.1. The van der Waals surface area contributed by atoms with Crippen molar-refractivity contribution in [3.05, 3.63) is 0 Å². The first kappa shape index (κ1) is 16.8. The maximum Gasteiger partial charge on any atom is 0.160 e. The summed E-state index contributed by atoms with van der Waals surface area (Å²) in [5.41, 5.74) is -0.0659. The van der Waals surface area contributed by atoms with Crippen molar-refractivity contribution in [3.8, 4) is 6.07 Å². The van der Waals surface area contributed by atoms with Gasteiger partial charge in [-0.05, 0) is 38.5 Å². The molecule has 21 heavy (non-hydrogen) atoms. The summed E-state index contributed by atoms with van der Waals surface area (Å²) in [6.45, 7) is 6.13. The monoisotopic (exact) mass is 293 g/mol. The number of ether oxygens (including phenoxy) is 2. The Bertz CT molecular complexity index is 334. The molecule has 1 aliphatic carbocycles. The lowest BCUT2D eigenvalue weighted by Crippen LogP contribution is -2.40. The lowest BCUT2D eigenvalue weighted by molar-refractivity contribution is -0.231. The minimum absolute atomic E-state index is 0.0128. The summed E-state index contributed by atoms with van der Waals surface area (Å²) in [4.78, 5) is 0. The zero-order valence-electron chi connectivity index (χ0n) is 13.8. The van der Waals surface area contributed by atoms with E-state index in [9.17, 15) is 5.26 Å². The number of rotatable bonds is 6. The van der Waals surface area contributed by atoms with Gasteiger partial charge in [0, 0.05) is 11.8 Å². The molecule has 3 heteroatoms. The van der Waals surface area contributed by atoms with Gasteiger partial charge in [-0.2, -0.15) is 5.26 Å². The summed E-state index contributed by atoms with van der Waals surface area (Å²) < 4.78 is 12.0. The Kier molecular flexibility index (Phi) is 6.51. The van der Waals surface area contributed by atoms with E-state index in [1.165, 1.54) is 19.3 Å². The summed E-state index contributed by atoms with van der Waals surface area (Å²) in [5.74, 6) is 1.08. The quantitative estimate of drug-likeness (QED) is 0.715. The minimum atomic E-state index is -0.0659. The van der Waals surface area contributed by atoms with Crippen LogP contribution in [-0.2, 0) is 9.47 Å². The van der Waals surface area contributed by atoms with Crippen molar-refractivity contribution in [3.63, 3.8) is 0 Å². The number of hydrogen-bond acceptors (Lipinski definition) is 3. The third-order valence-electron chi connectivity index (χ3n) is 5.30. The van der Waals surface area contributed by atoms with Gasteiger partial charge in [0.2, 0.25) is 0 Å². The van der Waals surface area contributed by atoms with Gasteiger partial charge in [0.1, 0.15) is 0 Å². The smallest absolute Gasteiger partial charge is 0.160 e. The molecule has 1 saturated heterocycles. The van der Waals surface area contributed by atoms with Gasteiger partial charge in [0.25, 0.3) is 0 Å². The summed E-state index contributed by atoms with van der Waals surface area (Å²) in [5, 5.41) is 9.47. The second-order valence-electron chi connectivity index (χ2n) is 7.02. The van der Waals surface area contributed by atoms with Crippen LogP contribution in [0.4, 0.5) is 0 Å². The van der Waals surface area contributed by atoms with Crippen LogP contribution in [0.15, 0.2) is 0 Å². The molecule has 0 aromatic rings. The van der Waals surface area contributed by atoms with Crippen molar-refractivity contribution < 1.29 is 9.47 Å². The second-order valence-corrected chi connectivity index (χ2v) is 7.02. The molecule has 1 saturated carbocycles.